The minimum absolute atomic E-state index is 0.880. The van der Waals surface area contributed by atoms with Crippen LogP contribution in [0.25, 0.3) is 10.9 Å². The minimum atomic E-state index is 0.880. The van der Waals surface area contributed by atoms with Crippen LogP contribution in [0.5, 0.6) is 0 Å². The van der Waals surface area contributed by atoms with Gasteiger partial charge in [0.1, 0.15) is 0 Å². The Labute approximate surface area is 82.2 Å². The van der Waals surface area contributed by atoms with E-state index in [0.717, 1.165) is 17.0 Å². The number of fused-ring (bicyclic) bond motifs is 1. The summed E-state index contributed by atoms with van der Waals surface area (Å²) in [6.45, 7) is 0. The Morgan fingerprint density at radius 3 is 2.85 bits per heavy atom. The van der Waals surface area contributed by atoms with Crippen molar-refractivity contribution >= 4 is 22.7 Å². The number of hydrogen-bond acceptors (Lipinski definition) is 2. The van der Waals surface area contributed by atoms with Gasteiger partial charge in [0, 0.05) is 17.4 Å². The lowest BCUT2D eigenvalue weighted by atomic mass is 10.2. The molecule has 1 heterocycles. The van der Waals surface area contributed by atoms with E-state index in [1.54, 1.807) is 11.8 Å². The quantitative estimate of drug-likeness (QED) is 0.717. The summed E-state index contributed by atoms with van der Waals surface area (Å²) in [7, 11) is 0. The maximum absolute atomic E-state index is 4.50. The number of para-hydroxylation sites is 1. The molecular formula is C11H10NS. The molecule has 0 N–H and O–H groups in total. The van der Waals surface area contributed by atoms with Crippen LogP contribution in [0.2, 0.25) is 0 Å². The number of benzene rings is 1. The fraction of sp³-hybridized carbons (Fsp3) is 0.0909. The van der Waals surface area contributed by atoms with Crippen LogP contribution in [-0.4, -0.2) is 4.98 Å². The third-order valence-corrected chi connectivity index (χ3v) is 2.41. The summed E-state index contributed by atoms with van der Waals surface area (Å²) in [5.41, 5.74) is 2.16. The summed E-state index contributed by atoms with van der Waals surface area (Å²) < 4.78 is 0. The molecule has 2 heteroatoms. The number of hydrogen-bond donors (Lipinski definition) is 0. The van der Waals surface area contributed by atoms with E-state index < -0.39 is 0 Å². The topological polar surface area (TPSA) is 12.9 Å². The molecule has 1 aromatic carbocycles. The molecule has 2 aromatic rings. The normalized spacial score (nSPS) is 10.5. The zero-order chi connectivity index (χ0) is 9.10. The molecule has 0 saturated carbocycles. The van der Waals surface area contributed by atoms with Crippen LogP contribution >= 0.6 is 11.8 Å². The van der Waals surface area contributed by atoms with Crippen molar-refractivity contribution in [3.05, 3.63) is 48.3 Å². The van der Waals surface area contributed by atoms with E-state index in [1.165, 1.54) is 5.39 Å². The summed E-state index contributed by atoms with van der Waals surface area (Å²) in [5, 5.41) is 1.19. The number of rotatable bonds is 2. The molecule has 0 fully saturated rings. The van der Waals surface area contributed by atoms with Gasteiger partial charge in [-0.1, -0.05) is 24.3 Å². The lowest BCUT2D eigenvalue weighted by molar-refractivity contribution is 1.23. The van der Waals surface area contributed by atoms with Gasteiger partial charge < -0.3 is 0 Å². The van der Waals surface area contributed by atoms with E-state index in [1.807, 2.05) is 18.2 Å². The third-order valence-electron chi connectivity index (χ3n) is 1.91. The van der Waals surface area contributed by atoms with Crippen LogP contribution in [0.3, 0.4) is 0 Å². The van der Waals surface area contributed by atoms with E-state index in [9.17, 15) is 0 Å². The molecule has 0 aliphatic rings. The number of pyridine rings is 1. The molecule has 1 radical (unpaired) electrons. The van der Waals surface area contributed by atoms with Crippen molar-refractivity contribution in [3.63, 3.8) is 0 Å². The number of aromatic nitrogens is 1. The molecule has 0 unspecified atom stereocenters. The van der Waals surface area contributed by atoms with Crippen molar-refractivity contribution in [2.24, 2.45) is 0 Å². The largest absolute Gasteiger partial charge is 0.252 e. The molecule has 1 aromatic heterocycles. The zero-order valence-electron chi connectivity index (χ0n) is 7.23. The molecule has 0 bridgehead atoms. The Bertz CT molecular complexity index is 412. The molecular weight excluding hydrogens is 178 g/mol. The first-order chi connectivity index (χ1) is 6.40. The van der Waals surface area contributed by atoms with Crippen LogP contribution in [0.15, 0.2) is 36.4 Å². The van der Waals surface area contributed by atoms with Gasteiger partial charge in [-0.3, -0.25) is 4.98 Å². The highest BCUT2D eigenvalue weighted by molar-refractivity contribution is 7.99. The van der Waals surface area contributed by atoms with Crippen LogP contribution in [0, 0.1) is 6.26 Å². The average molecular weight is 188 g/mol. The lowest BCUT2D eigenvalue weighted by Gasteiger charge is -2.00. The fourth-order valence-corrected chi connectivity index (χ4v) is 1.66. The van der Waals surface area contributed by atoms with E-state index in [2.05, 4.69) is 29.4 Å². The van der Waals surface area contributed by atoms with Gasteiger partial charge in [0.2, 0.25) is 0 Å². The fourth-order valence-electron chi connectivity index (χ4n) is 1.29. The predicted octanol–water partition coefficient (Wildman–Crippen LogP) is 3.26. The smallest absolute Gasteiger partial charge is 0.0705 e. The average Bonchev–Trinajstić information content (AvgIpc) is 2.18. The van der Waals surface area contributed by atoms with Crippen molar-refractivity contribution < 1.29 is 0 Å². The Morgan fingerprint density at radius 1 is 1.15 bits per heavy atom. The Kier molecular flexibility index (Phi) is 2.50. The summed E-state index contributed by atoms with van der Waals surface area (Å²) in [6.07, 6.45) is 3.74. The standard InChI is InChI=1S/C11H10NS/c1-13-8-10-7-6-9-4-2-3-5-11(9)12-10/h2-7H,1,8H2. The maximum atomic E-state index is 4.50. The molecule has 0 spiro atoms. The first-order valence-electron chi connectivity index (χ1n) is 4.12. The van der Waals surface area contributed by atoms with Crippen molar-refractivity contribution in [3.8, 4) is 0 Å². The van der Waals surface area contributed by atoms with Crippen molar-refractivity contribution in [2.45, 2.75) is 5.75 Å². The van der Waals surface area contributed by atoms with E-state index in [0.29, 0.717) is 0 Å². The summed E-state index contributed by atoms with van der Waals surface area (Å²) >= 11 is 1.55. The van der Waals surface area contributed by atoms with E-state index in [4.69, 9.17) is 0 Å². The van der Waals surface area contributed by atoms with Gasteiger partial charge in [-0.15, -0.1) is 0 Å². The first-order valence-corrected chi connectivity index (χ1v) is 5.27. The van der Waals surface area contributed by atoms with Gasteiger partial charge >= 0.3 is 0 Å². The molecule has 0 atom stereocenters. The Balaban J connectivity index is 2.49. The van der Waals surface area contributed by atoms with Gasteiger partial charge in [0.15, 0.2) is 0 Å². The zero-order valence-corrected chi connectivity index (χ0v) is 8.05. The predicted molar refractivity (Wildman–Crippen MR) is 58.4 cm³/mol. The number of thioether (sulfide) groups is 1. The van der Waals surface area contributed by atoms with Crippen molar-refractivity contribution in [2.75, 3.05) is 0 Å². The maximum Gasteiger partial charge on any atom is 0.0705 e. The van der Waals surface area contributed by atoms with E-state index in [-0.39, 0.29) is 0 Å². The summed E-state index contributed by atoms with van der Waals surface area (Å²) in [5.74, 6) is 0.880. The minimum Gasteiger partial charge on any atom is -0.252 e. The first kappa shape index (κ1) is 8.57. The van der Waals surface area contributed by atoms with Crippen LogP contribution in [-0.2, 0) is 5.75 Å². The second-order valence-corrected chi connectivity index (χ2v) is 3.54. The molecule has 65 valence electrons. The monoisotopic (exact) mass is 188 g/mol. The highest BCUT2D eigenvalue weighted by Crippen LogP contribution is 2.14. The third kappa shape index (κ3) is 1.83. The van der Waals surface area contributed by atoms with Gasteiger partial charge in [0.25, 0.3) is 0 Å². The van der Waals surface area contributed by atoms with Crippen LogP contribution < -0.4 is 0 Å². The summed E-state index contributed by atoms with van der Waals surface area (Å²) in [6, 6.07) is 12.3. The van der Waals surface area contributed by atoms with E-state index >= 15 is 0 Å². The Morgan fingerprint density at radius 2 is 2.00 bits per heavy atom. The molecule has 2 rings (SSSR count). The summed E-state index contributed by atoms with van der Waals surface area (Å²) in [4.78, 5) is 4.50. The highest BCUT2D eigenvalue weighted by Gasteiger charge is 1.95. The van der Waals surface area contributed by atoms with Crippen molar-refractivity contribution in [1.29, 1.82) is 0 Å². The number of nitrogens with zero attached hydrogens (tertiary/aromatic N) is 1. The van der Waals surface area contributed by atoms with Gasteiger partial charge in [-0.2, -0.15) is 11.8 Å². The molecule has 0 amide bonds. The lowest BCUT2D eigenvalue weighted by Crippen LogP contribution is -1.86. The van der Waals surface area contributed by atoms with Gasteiger partial charge in [-0.05, 0) is 12.1 Å². The van der Waals surface area contributed by atoms with Crippen LogP contribution in [0.1, 0.15) is 5.69 Å². The highest BCUT2D eigenvalue weighted by atomic mass is 32.2. The van der Waals surface area contributed by atoms with Gasteiger partial charge in [-0.25, -0.2) is 0 Å². The second-order valence-electron chi connectivity index (χ2n) is 2.84. The molecule has 0 aliphatic heterocycles. The molecule has 13 heavy (non-hydrogen) atoms. The molecule has 1 nitrogen and oxygen atoms in total. The molecule has 0 saturated heterocycles. The molecule has 0 aliphatic carbocycles. The van der Waals surface area contributed by atoms with Crippen molar-refractivity contribution in [1.82, 2.24) is 4.98 Å². The van der Waals surface area contributed by atoms with Crippen LogP contribution in [0.4, 0.5) is 0 Å². The second kappa shape index (κ2) is 3.79. The SMILES string of the molecule is [CH2]SCc1ccc2ccccc2n1. The Hall–Kier alpha value is -1.02. The van der Waals surface area contributed by atoms with Gasteiger partial charge in [0.05, 0.1) is 11.2 Å².